The first-order chi connectivity index (χ1) is 13.3. The van der Waals surface area contributed by atoms with Gasteiger partial charge in [0.25, 0.3) is 0 Å². The number of amides is 1. The van der Waals surface area contributed by atoms with Crippen molar-refractivity contribution >= 4 is 37.5 Å². The van der Waals surface area contributed by atoms with Gasteiger partial charge in [-0.15, -0.1) is 0 Å². The van der Waals surface area contributed by atoms with Crippen LogP contribution in [0, 0.1) is 6.92 Å². The van der Waals surface area contributed by atoms with Gasteiger partial charge in [0.2, 0.25) is 15.9 Å². The van der Waals surface area contributed by atoms with Gasteiger partial charge in [0.15, 0.2) is 0 Å². The van der Waals surface area contributed by atoms with E-state index in [1.54, 1.807) is 15.3 Å². The van der Waals surface area contributed by atoms with Gasteiger partial charge in [-0.25, -0.2) is 8.42 Å². The number of anilines is 1. The number of hydrogen-bond acceptors (Lipinski definition) is 3. The maximum absolute atomic E-state index is 13.8. The van der Waals surface area contributed by atoms with Crippen molar-refractivity contribution in [2.45, 2.75) is 44.0 Å². The maximum Gasteiger partial charge on any atom is 0.245 e. The molecule has 28 heavy (non-hydrogen) atoms. The van der Waals surface area contributed by atoms with Crippen LogP contribution in [-0.4, -0.2) is 31.7 Å². The Morgan fingerprint density at radius 3 is 2.64 bits per heavy atom. The molecule has 0 spiro atoms. The smallest absolute Gasteiger partial charge is 0.245 e. The molecule has 2 aliphatic heterocycles. The molecule has 5 nitrogen and oxygen atoms in total. The molecular formula is C21H23BrN2O3S. The van der Waals surface area contributed by atoms with E-state index in [4.69, 9.17) is 0 Å². The molecule has 2 heterocycles. The molecule has 2 aromatic rings. The molecule has 2 aromatic carbocycles. The number of benzene rings is 2. The fraction of sp³-hybridized carbons (Fsp3) is 0.381. The second-order valence-corrected chi connectivity index (χ2v) is 10.2. The summed E-state index contributed by atoms with van der Waals surface area (Å²) < 4.78 is 29.9. The molecule has 4 rings (SSSR count). The van der Waals surface area contributed by atoms with Crippen molar-refractivity contribution in [3.05, 3.63) is 57.6 Å². The third-order valence-corrected chi connectivity index (χ3v) is 8.09. The molecule has 1 saturated heterocycles. The number of halogens is 1. The van der Waals surface area contributed by atoms with Crippen LogP contribution in [-0.2, 0) is 21.2 Å². The average Bonchev–Trinajstić information content (AvgIpc) is 3.28. The topological polar surface area (TPSA) is 57.7 Å². The predicted octanol–water partition coefficient (Wildman–Crippen LogP) is 4.19. The van der Waals surface area contributed by atoms with Crippen LogP contribution in [0.1, 0.15) is 42.5 Å². The van der Waals surface area contributed by atoms with Crippen LogP contribution >= 0.6 is 15.9 Å². The van der Waals surface area contributed by atoms with Gasteiger partial charge in [-0.05, 0) is 55.0 Å². The Kier molecular flexibility index (Phi) is 5.10. The standard InChI is InChI=1S/C21H23BrN2O3S/c1-14-6-3-4-7-18(14)19-8-5-10-24(19)28(26,27)20-13-17(22)12-16-9-11-23(15(2)25)21(16)20/h3-4,6-7,12-13,19H,5,8-11H2,1-2H3/t19-/m0/s1. The largest absolute Gasteiger partial charge is 0.311 e. The summed E-state index contributed by atoms with van der Waals surface area (Å²) in [7, 11) is -3.76. The summed E-state index contributed by atoms with van der Waals surface area (Å²) in [5.74, 6) is -0.130. The quantitative estimate of drug-likeness (QED) is 0.686. The molecule has 0 aliphatic carbocycles. The summed E-state index contributed by atoms with van der Waals surface area (Å²) in [5, 5.41) is 0. The Labute approximate surface area is 174 Å². The molecule has 0 bridgehead atoms. The van der Waals surface area contributed by atoms with E-state index >= 15 is 0 Å². The highest BCUT2D eigenvalue weighted by atomic mass is 79.9. The summed E-state index contributed by atoms with van der Waals surface area (Å²) in [5.41, 5.74) is 3.60. The molecule has 0 saturated carbocycles. The first-order valence-electron chi connectivity index (χ1n) is 9.48. The van der Waals surface area contributed by atoms with Crippen molar-refractivity contribution in [2.75, 3.05) is 18.0 Å². The minimum absolute atomic E-state index is 0.130. The average molecular weight is 463 g/mol. The molecule has 0 N–H and O–H groups in total. The number of carbonyl (C=O) groups is 1. The van der Waals surface area contributed by atoms with E-state index in [9.17, 15) is 13.2 Å². The zero-order valence-corrected chi connectivity index (χ0v) is 18.4. The van der Waals surface area contributed by atoms with Crippen LogP contribution in [0.15, 0.2) is 45.8 Å². The Morgan fingerprint density at radius 1 is 1.18 bits per heavy atom. The molecule has 148 valence electrons. The third-order valence-electron chi connectivity index (χ3n) is 5.71. The zero-order valence-electron chi connectivity index (χ0n) is 16.0. The third kappa shape index (κ3) is 3.19. The van der Waals surface area contributed by atoms with Crippen LogP contribution in [0.4, 0.5) is 5.69 Å². The summed E-state index contributed by atoms with van der Waals surface area (Å²) in [6.07, 6.45) is 2.29. The minimum Gasteiger partial charge on any atom is -0.311 e. The van der Waals surface area contributed by atoms with Crippen LogP contribution in [0.2, 0.25) is 0 Å². The van der Waals surface area contributed by atoms with Crippen molar-refractivity contribution < 1.29 is 13.2 Å². The van der Waals surface area contributed by atoms with E-state index in [0.717, 1.165) is 34.0 Å². The summed E-state index contributed by atoms with van der Waals surface area (Å²) in [4.78, 5) is 13.9. The molecule has 1 fully saturated rings. The molecule has 1 atom stereocenters. The van der Waals surface area contributed by atoms with Gasteiger partial charge in [-0.2, -0.15) is 4.31 Å². The lowest BCUT2D eigenvalue weighted by Gasteiger charge is -2.28. The lowest BCUT2D eigenvalue weighted by atomic mass is 10.0. The first kappa shape index (κ1) is 19.6. The number of fused-ring (bicyclic) bond motifs is 1. The summed E-state index contributed by atoms with van der Waals surface area (Å²) in [6.45, 7) is 4.51. The van der Waals surface area contributed by atoms with Gasteiger partial charge >= 0.3 is 0 Å². The number of aryl methyl sites for hydroxylation is 1. The SMILES string of the molecule is CC(=O)N1CCc2cc(Br)cc(S(=O)(=O)N3CCC[C@H]3c3ccccc3C)c21. The molecular weight excluding hydrogens is 440 g/mol. The Bertz CT molecular complexity index is 1050. The minimum atomic E-state index is -3.76. The van der Waals surface area contributed by atoms with Crippen molar-refractivity contribution in [2.24, 2.45) is 0 Å². The van der Waals surface area contributed by atoms with Gasteiger partial charge in [0.1, 0.15) is 4.90 Å². The Balaban J connectivity index is 1.84. The summed E-state index contributed by atoms with van der Waals surface area (Å²) in [6, 6.07) is 11.3. The number of nitrogens with zero attached hydrogens (tertiary/aromatic N) is 2. The van der Waals surface area contributed by atoms with Gasteiger partial charge in [-0.1, -0.05) is 40.2 Å². The second kappa shape index (κ2) is 7.28. The number of rotatable bonds is 3. The molecule has 2 aliphatic rings. The van der Waals surface area contributed by atoms with Crippen molar-refractivity contribution in [3.8, 4) is 0 Å². The van der Waals surface area contributed by atoms with E-state index in [2.05, 4.69) is 15.9 Å². The van der Waals surface area contributed by atoms with E-state index in [-0.39, 0.29) is 16.8 Å². The normalized spacial score (nSPS) is 19.8. The number of carbonyl (C=O) groups excluding carboxylic acids is 1. The molecule has 0 aromatic heterocycles. The lowest BCUT2D eigenvalue weighted by molar-refractivity contribution is -0.116. The Hall–Kier alpha value is -1.70. The predicted molar refractivity (Wildman–Crippen MR) is 113 cm³/mol. The van der Waals surface area contributed by atoms with E-state index in [0.29, 0.717) is 25.2 Å². The van der Waals surface area contributed by atoms with E-state index in [1.165, 1.54) is 6.92 Å². The van der Waals surface area contributed by atoms with E-state index in [1.807, 2.05) is 37.3 Å². The Morgan fingerprint density at radius 2 is 1.93 bits per heavy atom. The molecule has 1 amide bonds. The van der Waals surface area contributed by atoms with Gasteiger partial charge < -0.3 is 4.90 Å². The van der Waals surface area contributed by atoms with Crippen LogP contribution in [0.25, 0.3) is 0 Å². The lowest BCUT2D eigenvalue weighted by Crippen LogP contribution is -2.33. The monoisotopic (exact) mass is 462 g/mol. The molecule has 7 heteroatoms. The summed E-state index contributed by atoms with van der Waals surface area (Å²) >= 11 is 3.46. The maximum atomic E-state index is 13.8. The first-order valence-corrected chi connectivity index (χ1v) is 11.7. The van der Waals surface area contributed by atoms with Crippen LogP contribution in [0.3, 0.4) is 0 Å². The highest BCUT2D eigenvalue weighted by Crippen LogP contribution is 2.43. The van der Waals surface area contributed by atoms with Crippen LogP contribution < -0.4 is 4.90 Å². The number of hydrogen-bond donors (Lipinski definition) is 0. The van der Waals surface area contributed by atoms with Gasteiger partial charge in [-0.3, -0.25) is 4.79 Å². The highest BCUT2D eigenvalue weighted by Gasteiger charge is 2.40. The van der Waals surface area contributed by atoms with Crippen molar-refractivity contribution in [1.29, 1.82) is 0 Å². The van der Waals surface area contributed by atoms with Crippen molar-refractivity contribution in [1.82, 2.24) is 4.31 Å². The molecule has 0 radical (unpaired) electrons. The second-order valence-electron chi connectivity index (χ2n) is 7.46. The highest BCUT2D eigenvalue weighted by molar-refractivity contribution is 9.10. The number of sulfonamides is 1. The fourth-order valence-corrected chi connectivity index (χ4v) is 7.00. The molecule has 0 unspecified atom stereocenters. The van der Waals surface area contributed by atoms with Crippen LogP contribution in [0.5, 0.6) is 0 Å². The van der Waals surface area contributed by atoms with E-state index < -0.39 is 10.0 Å². The van der Waals surface area contributed by atoms with Gasteiger partial charge in [0.05, 0.1) is 11.7 Å². The van der Waals surface area contributed by atoms with Gasteiger partial charge in [0, 0.05) is 24.5 Å². The fourth-order valence-electron chi connectivity index (χ4n) is 4.41. The van der Waals surface area contributed by atoms with Crippen molar-refractivity contribution in [3.63, 3.8) is 0 Å². The zero-order chi connectivity index (χ0) is 20.1.